The molecule has 1 atom stereocenters. The molecule has 1 aliphatic heterocycles. The van der Waals surface area contributed by atoms with Crippen LogP contribution in [-0.2, 0) is 0 Å². The predicted octanol–water partition coefficient (Wildman–Crippen LogP) is 5.43. The van der Waals surface area contributed by atoms with E-state index in [4.69, 9.17) is 4.98 Å². The first kappa shape index (κ1) is 26.4. The van der Waals surface area contributed by atoms with Crippen LogP contribution < -0.4 is 10.6 Å². The van der Waals surface area contributed by atoms with Crippen LogP contribution >= 0.6 is 0 Å². The lowest BCUT2D eigenvalue weighted by Gasteiger charge is -2.16. The summed E-state index contributed by atoms with van der Waals surface area (Å²) in [5, 5.41) is 7.13. The smallest absolute Gasteiger partial charge is 0.252 e. The van der Waals surface area contributed by atoms with Gasteiger partial charge < -0.3 is 25.5 Å². The van der Waals surface area contributed by atoms with Crippen molar-refractivity contribution < 1.29 is 9.59 Å². The molecule has 44 heavy (non-hydrogen) atoms. The SMILES string of the molecule is O=C(NCCN1CCCC1)c1ccc2nc(-c3cccc4c3-c3ccccc3C4NC(=O)c3ccnc4[nH]ccc34)[nH]c2c1. The van der Waals surface area contributed by atoms with Crippen LogP contribution in [0.1, 0.15) is 50.7 Å². The molecule has 9 heteroatoms. The van der Waals surface area contributed by atoms with Crippen molar-refractivity contribution in [2.75, 3.05) is 26.2 Å². The van der Waals surface area contributed by atoms with Crippen LogP contribution in [0.3, 0.4) is 0 Å². The molecule has 0 radical (unpaired) electrons. The van der Waals surface area contributed by atoms with Crippen molar-refractivity contribution in [2.45, 2.75) is 18.9 Å². The number of imidazole rings is 1. The fraction of sp³-hybridized carbons (Fsp3) is 0.200. The van der Waals surface area contributed by atoms with Gasteiger partial charge in [0, 0.05) is 42.0 Å². The lowest BCUT2D eigenvalue weighted by Crippen LogP contribution is -2.33. The first-order valence-corrected chi connectivity index (χ1v) is 15.1. The number of carbonyl (C=O) groups is 2. The van der Waals surface area contributed by atoms with Crippen LogP contribution in [0.15, 0.2) is 85.2 Å². The first-order chi connectivity index (χ1) is 21.6. The molecule has 2 amide bonds. The number of aromatic nitrogens is 4. The van der Waals surface area contributed by atoms with Crippen molar-refractivity contribution >= 4 is 33.9 Å². The normalized spacial score (nSPS) is 15.9. The number of fused-ring (bicyclic) bond motifs is 5. The van der Waals surface area contributed by atoms with E-state index < -0.39 is 0 Å². The number of H-pyrrole nitrogens is 2. The van der Waals surface area contributed by atoms with Crippen molar-refractivity contribution in [1.82, 2.24) is 35.5 Å². The molecule has 3 aromatic carbocycles. The van der Waals surface area contributed by atoms with E-state index in [0.717, 1.165) is 63.9 Å². The molecule has 2 aliphatic rings. The molecule has 0 spiro atoms. The van der Waals surface area contributed by atoms with Gasteiger partial charge >= 0.3 is 0 Å². The number of nitrogens with one attached hydrogen (secondary N) is 4. The van der Waals surface area contributed by atoms with Crippen LogP contribution in [-0.4, -0.2) is 62.8 Å². The highest BCUT2D eigenvalue weighted by molar-refractivity contribution is 6.06. The van der Waals surface area contributed by atoms with Crippen molar-refractivity contribution in [2.24, 2.45) is 0 Å². The minimum Gasteiger partial charge on any atom is -0.351 e. The molecule has 4 N–H and O–H groups in total. The molecule has 1 aliphatic carbocycles. The van der Waals surface area contributed by atoms with Crippen LogP contribution in [0.25, 0.3) is 44.6 Å². The molecule has 1 saturated heterocycles. The van der Waals surface area contributed by atoms with Gasteiger partial charge in [0.2, 0.25) is 0 Å². The number of aromatic amines is 2. The average Bonchev–Trinajstić information content (AvgIpc) is 3.87. The van der Waals surface area contributed by atoms with Gasteiger partial charge in [0.25, 0.3) is 11.8 Å². The molecule has 0 saturated carbocycles. The number of hydrogen-bond donors (Lipinski definition) is 4. The summed E-state index contributed by atoms with van der Waals surface area (Å²) in [6.07, 6.45) is 5.91. The zero-order chi connectivity index (χ0) is 29.6. The third-order valence-corrected chi connectivity index (χ3v) is 8.84. The zero-order valence-corrected chi connectivity index (χ0v) is 24.1. The van der Waals surface area contributed by atoms with Crippen LogP contribution in [0.2, 0.25) is 0 Å². The first-order valence-electron chi connectivity index (χ1n) is 15.1. The minimum atomic E-state index is -0.323. The Morgan fingerprint density at radius 3 is 2.66 bits per heavy atom. The fourth-order valence-electron chi connectivity index (χ4n) is 6.69. The van der Waals surface area contributed by atoms with Gasteiger partial charge in [-0.1, -0.05) is 42.5 Å². The van der Waals surface area contributed by atoms with Gasteiger partial charge in [0.15, 0.2) is 0 Å². The Morgan fingerprint density at radius 1 is 0.909 bits per heavy atom. The Balaban J connectivity index is 1.10. The maximum Gasteiger partial charge on any atom is 0.252 e. The van der Waals surface area contributed by atoms with Gasteiger partial charge in [0.1, 0.15) is 11.5 Å². The third kappa shape index (κ3) is 4.53. The second-order valence-corrected chi connectivity index (χ2v) is 11.5. The fourth-order valence-corrected chi connectivity index (χ4v) is 6.69. The molecular formula is C35H31N7O2. The molecule has 8 rings (SSSR count). The van der Waals surface area contributed by atoms with Crippen molar-refractivity contribution in [3.05, 3.63) is 107 Å². The number of hydrogen-bond acceptors (Lipinski definition) is 5. The summed E-state index contributed by atoms with van der Waals surface area (Å²) >= 11 is 0. The van der Waals surface area contributed by atoms with Gasteiger partial charge in [-0.3, -0.25) is 9.59 Å². The summed E-state index contributed by atoms with van der Waals surface area (Å²) in [7, 11) is 0. The van der Waals surface area contributed by atoms with Crippen molar-refractivity contribution in [3.63, 3.8) is 0 Å². The van der Waals surface area contributed by atoms with E-state index in [0.29, 0.717) is 29.1 Å². The monoisotopic (exact) mass is 581 g/mol. The van der Waals surface area contributed by atoms with Gasteiger partial charge in [-0.25, -0.2) is 9.97 Å². The van der Waals surface area contributed by atoms with E-state index in [1.807, 2.05) is 42.5 Å². The quantitative estimate of drug-likeness (QED) is 0.201. The lowest BCUT2D eigenvalue weighted by atomic mass is 9.98. The molecule has 6 aromatic rings. The Kier molecular flexibility index (Phi) is 6.45. The highest BCUT2D eigenvalue weighted by Gasteiger charge is 2.32. The van der Waals surface area contributed by atoms with E-state index in [2.05, 4.69) is 54.8 Å². The zero-order valence-electron chi connectivity index (χ0n) is 24.1. The molecule has 1 fully saturated rings. The van der Waals surface area contributed by atoms with E-state index >= 15 is 0 Å². The topological polar surface area (TPSA) is 119 Å². The predicted molar refractivity (Wildman–Crippen MR) is 170 cm³/mol. The Morgan fingerprint density at radius 2 is 1.75 bits per heavy atom. The number of pyridine rings is 1. The minimum absolute atomic E-state index is 0.0820. The number of likely N-dealkylation sites (tertiary alicyclic amines) is 1. The average molecular weight is 582 g/mol. The second-order valence-electron chi connectivity index (χ2n) is 11.5. The highest BCUT2D eigenvalue weighted by atomic mass is 16.2. The van der Waals surface area contributed by atoms with E-state index in [9.17, 15) is 9.59 Å². The number of rotatable bonds is 7. The summed E-state index contributed by atoms with van der Waals surface area (Å²) in [6.45, 7) is 3.74. The van der Waals surface area contributed by atoms with E-state index in [-0.39, 0.29) is 17.9 Å². The van der Waals surface area contributed by atoms with Crippen LogP contribution in [0.5, 0.6) is 0 Å². The highest BCUT2D eigenvalue weighted by Crippen LogP contribution is 2.47. The molecule has 4 heterocycles. The number of nitrogens with zero attached hydrogens (tertiary/aromatic N) is 3. The molecule has 9 nitrogen and oxygen atoms in total. The maximum atomic E-state index is 13.6. The summed E-state index contributed by atoms with van der Waals surface area (Å²) in [4.78, 5) is 44.7. The lowest BCUT2D eigenvalue weighted by molar-refractivity contribution is 0.0939. The number of benzene rings is 3. The molecule has 1 unspecified atom stereocenters. The molecule has 3 aromatic heterocycles. The third-order valence-electron chi connectivity index (χ3n) is 8.84. The Labute approximate surface area is 253 Å². The summed E-state index contributed by atoms with van der Waals surface area (Å²) < 4.78 is 0. The van der Waals surface area contributed by atoms with Gasteiger partial charge in [-0.15, -0.1) is 0 Å². The summed E-state index contributed by atoms with van der Waals surface area (Å²) in [5.74, 6) is 0.472. The van der Waals surface area contributed by atoms with E-state index in [1.54, 1.807) is 18.5 Å². The summed E-state index contributed by atoms with van der Waals surface area (Å²) in [6, 6.07) is 23.2. The largest absolute Gasteiger partial charge is 0.351 e. The van der Waals surface area contributed by atoms with Crippen molar-refractivity contribution in [1.29, 1.82) is 0 Å². The van der Waals surface area contributed by atoms with Crippen LogP contribution in [0, 0.1) is 0 Å². The molecule has 218 valence electrons. The van der Waals surface area contributed by atoms with Crippen LogP contribution in [0.4, 0.5) is 0 Å². The number of amides is 2. The maximum absolute atomic E-state index is 13.6. The second kappa shape index (κ2) is 10.8. The summed E-state index contributed by atoms with van der Waals surface area (Å²) in [5.41, 5.74) is 8.53. The molecular weight excluding hydrogens is 550 g/mol. The van der Waals surface area contributed by atoms with E-state index in [1.165, 1.54) is 12.8 Å². The standard InChI is InChI=1S/C35H31N7O2/c43-34(38-16-19-42-17-3-4-18-42)21-10-11-28-29(20-21)40-33(39-28)27-9-5-8-26-30(27)22-6-1-2-7-23(22)31(26)41-35(44)25-13-15-37-32-24(25)12-14-36-32/h1-2,5-15,20,31H,3-4,16-19H2,(H,36,37)(H,38,43)(H,39,40)(H,41,44). The molecule has 0 bridgehead atoms. The van der Waals surface area contributed by atoms with Gasteiger partial charge in [-0.2, -0.15) is 0 Å². The van der Waals surface area contributed by atoms with Crippen molar-refractivity contribution in [3.8, 4) is 22.5 Å². The van der Waals surface area contributed by atoms with Gasteiger partial charge in [-0.05, 0) is 78.5 Å². The van der Waals surface area contributed by atoms with Gasteiger partial charge in [0.05, 0.1) is 22.6 Å². The Hall–Kier alpha value is -5.28. The number of carbonyl (C=O) groups excluding carboxylic acids is 2. The Bertz CT molecular complexity index is 2050.